The third-order valence-corrected chi connectivity index (χ3v) is 10.9. The van der Waals surface area contributed by atoms with Crippen LogP contribution in [0.3, 0.4) is 0 Å². The molecule has 8 atom stereocenters. The summed E-state index contributed by atoms with van der Waals surface area (Å²) in [5, 5.41) is 3.44. The summed E-state index contributed by atoms with van der Waals surface area (Å²) in [5.74, 6) is 7.46. The normalized spacial score (nSPS) is 47.7. The van der Waals surface area contributed by atoms with E-state index in [0.717, 1.165) is 60.8 Å². The van der Waals surface area contributed by atoms with Gasteiger partial charge in [-0.05, 0) is 111 Å². The summed E-state index contributed by atoms with van der Waals surface area (Å²) in [6, 6.07) is 0. The second-order valence-electron chi connectivity index (χ2n) is 12.3. The molecule has 5 saturated carbocycles. The first-order valence-electron chi connectivity index (χ1n) is 13.3. The minimum absolute atomic E-state index is 0.321. The van der Waals surface area contributed by atoms with Crippen LogP contribution in [-0.2, 0) is 4.79 Å². The molecule has 2 nitrogen and oxygen atoms in total. The van der Waals surface area contributed by atoms with Crippen LogP contribution >= 0.6 is 0 Å². The topological polar surface area (TPSA) is 29.1 Å². The van der Waals surface area contributed by atoms with Crippen LogP contribution in [0.5, 0.6) is 0 Å². The van der Waals surface area contributed by atoms with Gasteiger partial charge in [0.05, 0.1) is 0 Å². The van der Waals surface area contributed by atoms with E-state index in [9.17, 15) is 4.79 Å². The van der Waals surface area contributed by atoms with Crippen LogP contribution in [0.25, 0.3) is 0 Å². The van der Waals surface area contributed by atoms with Crippen molar-refractivity contribution in [2.24, 2.45) is 52.8 Å². The Kier molecular flexibility index (Phi) is 5.76. The van der Waals surface area contributed by atoms with E-state index in [0.29, 0.717) is 17.2 Å². The molecule has 29 heavy (non-hydrogen) atoms. The summed E-state index contributed by atoms with van der Waals surface area (Å²) in [6.07, 6.45) is 19.5. The monoisotopic (exact) mass is 399 g/mol. The lowest BCUT2D eigenvalue weighted by Gasteiger charge is -2.60. The lowest BCUT2D eigenvalue weighted by molar-refractivity contribution is -0.127. The number of carbonyl (C=O) groups excluding carboxylic acids is 1. The number of fused-ring (bicyclic) bond motifs is 5. The van der Waals surface area contributed by atoms with E-state index in [4.69, 9.17) is 0 Å². The summed E-state index contributed by atoms with van der Waals surface area (Å²) in [7, 11) is 0. The Bertz CT molecular complexity index is 595. The van der Waals surface area contributed by atoms with E-state index in [2.05, 4.69) is 19.2 Å². The van der Waals surface area contributed by atoms with Crippen molar-refractivity contribution >= 4 is 5.91 Å². The first-order valence-corrected chi connectivity index (χ1v) is 13.3. The average molecular weight is 400 g/mol. The minimum atomic E-state index is 0.321. The fraction of sp³-hybridized carbons (Fsp3) is 0.963. The zero-order valence-electron chi connectivity index (χ0n) is 19.1. The summed E-state index contributed by atoms with van der Waals surface area (Å²) >= 11 is 0. The number of amides is 1. The van der Waals surface area contributed by atoms with Gasteiger partial charge in [0.15, 0.2) is 0 Å². The maximum Gasteiger partial charge on any atom is 0.223 e. The van der Waals surface area contributed by atoms with Gasteiger partial charge in [-0.15, -0.1) is 0 Å². The van der Waals surface area contributed by atoms with Crippen LogP contribution in [-0.4, -0.2) is 12.5 Å². The van der Waals surface area contributed by atoms with E-state index in [-0.39, 0.29) is 0 Å². The lowest BCUT2D eigenvalue weighted by Crippen LogP contribution is -2.54. The molecule has 0 aromatic heterocycles. The van der Waals surface area contributed by atoms with Crippen LogP contribution in [0.15, 0.2) is 0 Å². The zero-order valence-corrected chi connectivity index (χ0v) is 19.1. The molecule has 164 valence electrons. The Morgan fingerprint density at radius 3 is 2.48 bits per heavy atom. The molecule has 0 radical (unpaired) electrons. The van der Waals surface area contributed by atoms with Crippen molar-refractivity contribution < 1.29 is 4.79 Å². The molecule has 0 spiro atoms. The maximum atomic E-state index is 12.7. The quantitative estimate of drug-likeness (QED) is 0.570. The minimum Gasteiger partial charge on any atom is -0.356 e. The molecule has 0 aliphatic heterocycles. The first-order chi connectivity index (χ1) is 14.1. The fourth-order valence-electron chi connectivity index (χ4n) is 9.29. The van der Waals surface area contributed by atoms with E-state index in [1.165, 1.54) is 77.0 Å². The van der Waals surface area contributed by atoms with Crippen molar-refractivity contribution in [2.75, 3.05) is 6.54 Å². The van der Waals surface area contributed by atoms with Gasteiger partial charge in [0.1, 0.15) is 0 Å². The van der Waals surface area contributed by atoms with Gasteiger partial charge in [-0.1, -0.05) is 39.5 Å². The lowest BCUT2D eigenvalue weighted by atomic mass is 9.45. The predicted octanol–water partition coefficient (Wildman–Crippen LogP) is 6.59. The molecule has 0 aromatic carbocycles. The SMILES string of the molecule is CC1CCC2C(CCC3C2CCC2(C)C(CNC(=O)C4CCCC4)CCCC32)C1. The maximum absolute atomic E-state index is 12.7. The van der Waals surface area contributed by atoms with E-state index in [1.807, 2.05) is 0 Å². The highest BCUT2D eigenvalue weighted by molar-refractivity contribution is 5.78. The number of hydrogen-bond donors (Lipinski definition) is 1. The Labute approximate surface area is 179 Å². The highest BCUT2D eigenvalue weighted by Crippen LogP contribution is 2.63. The molecular weight excluding hydrogens is 354 g/mol. The standard InChI is InChI=1S/C27H45NO/c1-18-10-12-22-20(16-18)11-13-24-23(22)14-15-27(2)21(8-5-9-25(24)27)17-28-26(29)19-6-3-4-7-19/h18-25H,3-17H2,1-2H3,(H,28,29). The Balaban J connectivity index is 1.26. The molecule has 8 unspecified atom stereocenters. The van der Waals surface area contributed by atoms with Gasteiger partial charge in [0.2, 0.25) is 5.91 Å². The van der Waals surface area contributed by atoms with Crippen molar-refractivity contribution in [1.82, 2.24) is 5.32 Å². The summed E-state index contributed by atoms with van der Waals surface area (Å²) in [4.78, 5) is 12.7. The van der Waals surface area contributed by atoms with Crippen molar-refractivity contribution in [3.8, 4) is 0 Å². The van der Waals surface area contributed by atoms with E-state index < -0.39 is 0 Å². The van der Waals surface area contributed by atoms with Crippen molar-refractivity contribution in [3.05, 3.63) is 0 Å². The van der Waals surface area contributed by atoms with Gasteiger partial charge >= 0.3 is 0 Å². The van der Waals surface area contributed by atoms with Gasteiger partial charge in [-0.25, -0.2) is 0 Å². The number of rotatable bonds is 3. The van der Waals surface area contributed by atoms with Crippen LogP contribution in [0.2, 0.25) is 0 Å². The molecule has 5 aliphatic carbocycles. The third-order valence-electron chi connectivity index (χ3n) is 10.9. The molecule has 0 aromatic rings. The van der Waals surface area contributed by atoms with Gasteiger partial charge in [-0.3, -0.25) is 4.79 Å². The Morgan fingerprint density at radius 2 is 1.66 bits per heavy atom. The van der Waals surface area contributed by atoms with E-state index in [1.54, 1.807) is 0 Å². The molecular formula is C27H45NO. The molecule has 0 bridgehead atoms. The average Bonchev–Trinajstić information content (AvgIpc) is 3.26. The molecule has 1 N–H and O–H groups in total. The second kappa shape index (κ2) is 8.19. The van der Waals surface area contributed by atoms with Crippen LogP contribution in [0, 0.1) is 52.8 Å². The van der Waals surface area contributed by atoms with Crippen molar-refractivity contribution in [3.63, 3.8) is 0 Å². The van der Waals surface area contributed by atoms with Crippen molar-refractivity contribution in [1.29, 1.82) is 0 Å². The molecule has 0 saturated heterocycles. The van der Waals surface area contributed by atoms with Crippen LogP contribution < -0.4 is 5.32 Å². The van der Waals surface area contributed by atoms with Gasteiger partial charge in [-0.2, -0.15) is 0 Å². The largest absolute Gasteiger partial charge is 0.356 e. The molecule has 5 fully saturated rings. The highest BCUT2D eigenvalue weighted by atomic mass is 16.1. The third kappa shape index (κ3) is 3.69. The number of carbonyl (C=O) groups is 1. The zero-order chi connectivity index (χ0) is 20.0. The Morgan fingerprint density at radius 1 is 0.862 bits per heavy atom. The summed E-state index contributed by atoms with van der Waals surface area (Å²) < 4.78 is 0. The Hall–Kier alpha value is -0.530. The molecule has 5 rings (SSSR count). The smallest absolute Gasteiger partial charge is 0.223 e. The predicted molar refractivity (Wildman–Crippen MR) is 119 cm³/mol. The van der Waals surface area contributed by atoms with E-state index >= 15 is 0 Å². The second-order valence-corrected chi connectivity index (χ2v) is 12.3. The van der Waals surface area contributed by atoms with Crippen LogP contribution in [0.4, 0.5) is 0 Å². The molecule has 1 amide bonds. The molecule has 2 heteroatoms. The van der Waals surface area contributed by atoms with Crippen LogP contribution in [0.1, 0.15) is 104 Å². The summed E-state index contributed by atoms with van der Waals surface area (Å²) in [6.45, 7) is 6.09. The highest BCUT2D eigenvalue weighted by Gasteiger charge is 2.55. The molecule has 0 heterocycles. The molecule has 5 aliphatic rings. The van der Waals surface area contributed by atoms with Gasteiger partial charge < -0.3 is 5.32 Å². The first kappa shape index (κ1) is 20.4. The van der Waals surface area contributed by atoms with Crippen molar-refractivity contribution in [2.45, 2.75) is 104 Å². The fourth-order valence-corrected chi connectivity index (χ4v) is 9.29. The number of nitrogens with one attached hydrogen (secondary N) is 1. The summed E-state index contributed by atoms with van der Waals surface area (Å²) in [5.41, 5.74) is 0.483. The number of hydrogen-bond acceptors (Lipinski definition) is 1. The van der Waals surface area contributed by atoms with Gasteiger partial charge in [0.25, 0.3) is 0 Å². The van der Waals surface area contributed by atoms with Gasteiger partial charge in [0, 0.05) is 12.5 Å².